The van der Waals surface area contributed by atoms with Crippen molar-refractivity contribution >= 4 is 22.3 Å². The van der Waals surface area contributed by atoms with Gasteiger partial charge in [-0.25, -0.2) is 0 Å². The van der Waals surface area contributed by atoms with E-state index in [1.165, 1.54) is 30.8 Å². The number of Topliss-reactive ketones (excluding diaryl/α,β-unsaturated/α-hetero) is 1. The van der Waals surface area contributed by atoms with Crippen LogP contribution in [-0.2, 0) is 0 Å². The van der Waals surface area contributed by atoms with Crippen LogP contribution >= 0.6 is 11.5 Å². The number of hydrogen-bond acceptors (Lipinski definition) is 4. The average Bonchev–Trinajstić information content (AvgIpc) is 3.01. The van der Waals surface area contributed by atoms with Gasteiger partial charge in [0.15, 0.2) is 5.78 Å². The predicted molar refractivity (Wildman–Crippen MR) is 71.9 cm³/mol. The predicted octanol–water partition coefficient (Wildman–Crippen LogP) is 3.64. The SMILES string of the molecule is CCC(CC1CC1)Nc1snc(C)c1C(C)=O. The second kappa shape index (κ2) is 5.17. The van der Waals surface area contributed by atoms with Crippen molar-refractivity contribution in [3.8, 4) is 0 Å². The number of nitrogens with zero attached hydrogens (tertiary/aromatic N) is 1. The molecule has 1 aliphatic rings. The molecule has 1 atom stereocenters. The van der Waals surface area contributed by atoms with Crippen LogP contribution in [-0.4, -0.2) is 16.2 Å². The lowest BCUT2D eigenvalue weighted by Crippen LogP contribution is -2.19. The minimum Gasteiger partial charge on any atom is -0.372 e. The Kier molecular flexibility index (Phi) is 3.82. The molecular formula is C13H20N2OS. The van der Waals surface area contributed by atoms with Gasteiger partial charge in [0.05, 0.1) is 11.3 Å². The zero-order valence-corrected chi connectivity index (χ0v) is 11.6. The Morgan fingerprint density at radius 2 is 2.29 bits per heavy atom. The van der Waals surface area contributed by atoms with Gasteiger partial charge >= 0.3 is 0 Å². The molecule has 1 N–H and O–H groups in total. The van der Waals surface area contributed by atoms with Crippen LogP contribution < -0.4 is 5.32 Å². The highest BCUT2D eigenvalue weighted by Gasteiger charge is 2.26. The summed E-state index contributed by atoms with van der Waals surface area (Å²) in [4.78, 5) is 11.6. The van der Waals surface area contributed by atoms with E-state index >= 15 is 0 Å². The quantitative estimate of drug-likeness (QED) is 0.786. The Hall–Kier alpha value is -0.900. The summed E-state index contributed by atoms with van der Waals surface area (Å²) in [6, 6.07) is 0.487. The van der Waals surface area contributed by atoms with Crippen molar-refractivity contribution in [2.75, 3.05) is 5.32 Å². The van der Waals surface area contributed by atoms with E-state index in [2.05, 4.69) is 16.6 Å². The molecule has 1 aromatic heterocycles. The Morgan fingerprint density at radius 1 is 1.59 bits per heavy atom. The van der Waals surface area contributed by atoms with Crippen LogP contribution in [0.5, 0.6) is 0 Å². The summed E-state index contributed by atoms with van der Waals surface area (Å²) in [5.74, 6) is 1.02. The van der Waals surface area contributed by atoms with Crippen molar-refractivity contribution in [3.05, 3.63) is 11.3 Å². The molecule has 0 spiro atoms. The first kappa shape index (κ1) is 12.6. The molecule has 2 rings (SSSR count). The fourth-order valence-corrected chi connectivity index (χ4v) is 3.07. The minimum atomic E-state index is 0.111. The summed E-state index contributed by atoms with van der Waals surface area (Å²) in [6.07, 6.45) is 5.08. The first-order valence-corrected chi connectivity index (χ1v) is 7.12. The maximum Gasteiger partial charge on any atom is 0.164 e. The lowest BCUT2D eigenvalue weighted by Gasteiger charge is -2.17. The highest BCUT2D eigenvalue weighted by Crippen LogP contribution is 2.35. The monoisotopic (exact) mass is 252 g/mol. The lowest BCUT2D eigenvalue weighted by molar-refractivity contribution is 0.101. The fourth-order valence-electron chi connectivity index (χ4n) is 2.15. The van der Waals surface area contributed by atoms with Crippen LogP contribution in [0, 0.1) is 12.8 Å². The van der Waals surface area contributed by atoms with Crippen molar-refractivity contribution in [1.29, 1.82) is 0 Å². The third-order valence-electron chi connectivity index (χ3n) is 3.36. The van der Waals surface area contributed by atoms with Gasteiger partial charge in [0.25, 0.3) is 0 Å². The molecular weight excluding hydrogens is 232 g/mol. The van der Waals surface area contributed by atoms with Gasteiger partial charge in [0.2, 0.25) is 0 Å². The Labute approximate surface area is 107 Å². The van der Waals surface area contributed by atoms with Crippen molar-refractivity contribution in [2.24, 2.45) is 5.92 Å². The molecule has 4 heteroatoms. The van der Waals surface area contributed by atoms with Crippen LogP contribution in [0.1, 0.15) is 55.6 Å². The van der Waals surface area contributed by atoms with Crippen molar-refractivity contribution in [3.63, 3.8) is 0 Å². The maximum absolute atomic E-state index is 11.6. The molecule has 1 fully saturated rings. The number of aromatic nitrogens is 1. The topological polar surface area (TPSA) is 42.0 Å². The molecule has 0 bridgehead atoms. The zero-order valence-electron chi connectivity index (χ0n) is 10.7. The number of carbonyl (C=O) groups is 1. The van der Waals surface area contributed by atoms with E-state index in [0.29, 0.717) is 6.04 Å². The standard InChI is InChI=1S/C13H20N2OS/c1-4-11(7-10-5-6-10)14-13-12(9(3)16)8(2)15-17-13/h10-11,14H,4-7H2,1-3H3. The van der Waals surface area contributed by atoms with E-state index in [-0.39, 0.29) is 5.78 Å². The van der Waals surface area contributed by atoms with Crippen LogP contribution in [0.25, 0.3) is 0 Å². The molecule has 0 radical (unpaired) electrons. The zero-order chi connectivity index (χ0) is 12.4. The van der Waals surface area contributed by atoms with Crippen LogP contribution in [0.3, 0.4) is 0 Å². The summed E-state index contributed by atoms with van der Waals surface area (Å²) in [6.45, 7) is 5.71. The number of carbonyl (C=O) groups excluding carboxylic acids is 1. The highest BCUT2D eigenvalue weighted by molar-refractivity contribution is 7.10. The van der Waals surface area contributed by atoms with Gasteiger partial charge in [-0.1, -0.05) is 19.8 Å². The Bertz CT molecular complexity index is 410. The van der Waals surface area contributed by atoms with E-state index in [9.17, 15) is 4.79 Å². The van der Waals surface area contributed by atoms with Crippen molar-refractivity contribution in [2.45, 2.75) is 52.5 Å². The van der Waals surface area contributed by atoms with Gasteiger partial charge < -0.3 is 5.32 Å². The first-order chi connectivity index (χ1) is 8.11. The third kappa shape index (κ3) is 3.06. The Balaban J connectivity index is 2.07. The van der Waals surface area contributed by atoms with Crippen LogP contribution in [0.4, 0.5) is 5.00 Å². The van der Waals surface area contributed by atoms with E-state index in [1.54, 1.807) is 6.92 Å². The maximum atomic E-state index is 11.6. The Morgan fingerprint density at radius 3 is 2.82 bits per heavy atom. The number of nitrogens with one attached hydrogen (secondary N) is 1. The summed E-state index contributed by atoms with van der Waals surface area (Å²) < 4.78 is 4.28. The molecule has 94 valence electrons. The smallest absolute Gasteiger partial charge is 0.164 e. The number of rotatable bonds is 6. The molecule has 17 heavy (non-hydrogen) atoms. The molecule has 1 heterocycles. The third-order valence-corrected chi connectivity index (χ3v) is 4.23. The van der Waals surface area contributed by atoms with Gasteiger partial charge in [-0.05, 0) is 44.1 Å². The van der Waals surface area contributed by atoms with E-state index in [1.807, 2.05) is 6.92 Å². The normalized spacial score (nSPS) is 16.9. The van der Waals surface area contributed by atoms with Gasteiger partial charge in [-0.3, -0.25) is 4.79 Å². The largest absolute Gasteiger partial charge is 0.372 e. The van der Waals surface area contributed by atoms with Crippen LogP contribution in [0.15, 0.2) is 0 Å². The molecule has 3 nitrogen and oxygen atoms in total. The average molecular weight is 252 g/mol. The van der Waals surface area contributed by atoms with Crippen LogP contribution in [0.2, 0.25) is 0 Å². The van der Waals surface area contributed by atoms with Gasteiger partial charge in [-0.2, -0.15) is 4.37 Å². The summed E-state index contributed by atoms with van der Waals surface area (Å²) in [7, 11) is 0. The molecule has 1 aromatic rings. The summed E-state index contributed by atoms with van der Waals surface area (Å²) in [5, 5.41) is 4.47. The molecule has 1 saturated carbocycles. The number of aryl methyl sites for hydroxylation is 1. The van der Waals surface area contributed by atoms with Gasteiger partial charge in [-0.15, -0.1) is 0 Å². The number of hydrogen-bond donors (Lipinski definition) is 1. The molecule has 0 aliphatic heterocycles. The molecule has 1 unspecified atom stereocenters. The second-order valence-electron chi connectivity index (χ2n) is 4.96. The van der Waals surface area contributed by atoms with Crippen molar-refractivity contribution < 1.29 is 4.79 Å². The van der Waals surface area contributed by atoms with Gasteiger partial charge in [0, 0.05) is 6.04 Å². The molecule has 0 aromatic carbocycles. The number of ketones is 1. The second-order valence-corrected chi connectivity index (χ2v) is 5.73. The minimum absolute atomic E-state index is 0.111. The lowest BCUT2D eigenvalue weighted by atomic mass is 10.1. The summed E-state index contributed by atoms with van der Waals surface area (Å²) in [5.41, 5.74) is 1.63. The van der Waals surface area contributed by atoms with Crippen molar-refractivity contribution in [1.82, 2.24) is 4.37 Å². The fraction of sp³-hybridized carbons (Fsp3) is 0.692. The molecule has 0 amide bonds. The number of anilines is 1. The van der Waals surface area contributed by atoms with E-state index < -0.39 is 0 Å². The first-order valence-electron chi connectivity index (χ1n) is 6.35. The van der Waals surface area contributed by atoms with Gasteiger partial charge in [0.1, 0.15) is 5.00 Å². The van der Waals surface area contributed by atoms with E-state index in [4.69, 9.17) is 0 Å². The summed E-state index contributed by atoms with van der Waals surface area (Å²) >= 11 is 1.41. The van der Waals surface area contributed by atoms with E-state index in [0.717, 1.165) is 28.6 Å². The molecule has 0 saturated heterocycles. The molecule has 1 aliphatic carbocycles. The highest BCUT2D eigenvalue weighted by atomic mass is 32.1.